The summed E-state index contributed by atoms with van der Waals surface area (Å²) in [6.07, 6.45) is 9.72. The van der Waals surface area contributed by atoms with Gasteiger partial charge in [0.1, 0.15) is 0 Å². The van der Waals surface area contributed by atoms with Gasteiger partial charge in [0.25, 0.3) is 0 Å². The molecule has 0 spiro atoms. The van der Waals surface area contributed by atoms with Gasteiger partial charge in [-0.3, -0.25) is 0 Å². The van der Waals surface area contributed by atoms with Crippen molar-refractivity contribution >= 4 is 0 Å². The van der Waals surface area contributed by atoms with Crippen LogP contribution in [0.2, 0.25) is 0 Å². The summed E-state index contributed by atoms with van der Waals surface area (Å²) in [7, 11) is 0. The maximum absolute atomic E-state index is 4.73. The van der Waals surface area contributed by atoms with Crippen molar-refractivity contribution in [2.45, 2.75) is 38.3 Å². The van der Waals surface area contributed by atoms with Crippen LogP contribution in [-0.4, -0.2) is 26.2 Å². The number of aryl methyl sites for hydroxylation is 2. The quantitative estimate of drug-likeness (QED) is 0.882. The number of nitrogens with one attached hydrogen (secondary N) is 1. The van der Waals surface area contributed by atoms with E-state index in [-0.39, 0.29) is 0 Å². The zero-order valence-corrected chi connectivity index (χ0v) is 10.2. The van der Waals surface area contributed by atoms with Crippen LogP contribution in [0.4, 0.5) is 0 Å². The highest BCUT2D eigenvalue weighted by atomic mass is 16.5. The number of hydrogen-bond donors (Lipinski definition) is 1. The average Bonchev–Trinajstić information content (AvgIpc) is 3.09. The molecule has 96 valence electrons. The molecule has 0 saturated carbocycles. The first-order chi connectivity index (χ1) is 8.93. The van der Waals surface area contributed by atoms with Gasteiger partial charge in [-0.15, -0.1) is 0 Å². The van der Waals surface area contributed by atoms with Crippen LogP contribution in [0.25, 0.3) is 0 Å². The lowest BCUT2D eigenvalue weighted by atomic mass is 10.0. The summed E-state index contributed by atoms with van der Waals surface area (Å²) in [5, 5.41) is 7.37. The molecular formula is C12H17N5O. The number of nitrogens with zero attached hydrogens (tertiary/aromatic N) is 4. The molecule has 18 heavy (non-hydrogen) atoms. The molecule has 1 aliphatic rings. The predicted molar refractivity (Wildman–Crippen MR) is 64.8 cm³/mol. The van der Waals surface area contributed by atoms with Crippen LogP contribution in [0.5, 0.6) is 0 Å². The van der Waals surface area contributed by atoms with Gasteiger partial charge < -0.3 is 14.4 Å². The van der Waals surface area contributed by atoms with E-state index in [9.17, 15) is 0 Å². The molecule has 2 aromatic rings. The lowest BCUT2D eigenvalue weighted by Gasteiger charge is -2.24. The first-order valence-corrected chi connectivity index (χ1v) is 6.42. The van der Waals surface area contributed by atoms with E-state index in [2.05, 4.69) is 25.0 Å². The molecule has 0 amide bonds. The van der Waals surface area contributed by atoms with E-state index in [0.29, 0.717) is 6.04 Å². The fourth-order valence-corrected chi connectivity index (χ4v) is 2.44. The summed E-state index contributed by atoms with van der Waals surface area (Å²) < 4.78 is 6.91. The van der Waals surface area contributed by atoms with Gasteiger partial charge in [0, 0.05) is 25.2 Å². The highest BCUT2D eigenvalue weighted by Crippen LogP contribution is 2.22. The second-order valence-electron chi connectivity index (χ2n) is 4.61. The van der Waals surface area contributed by atoms with Crippen molar-refractivity contribution in [1.29, 1.82) is 0 Å². The van der Waals surface area contributed by atoms with Gasteiger partial charge in [-0.25, -0.2) is 4.98 Å². The van der Waals surface area contributed by atoms with Gasteiger partial charge in [-0.2, -0.15) is 4.98 Å². The van der Waals surface area contributed by atoms with Crippen molar-refractivity contribution in [2.24, 2.45) is 0 Å². The van der Waals surface area contributed by atoms with E-state index < -0.39 is 0 Å². The van der Waals surface area contributed by atoms with Crippen LogP contribution in [0.1, 0.15) is 36.8 Å². The zero-order valence-electron chi connectivity index (χ0n) is 10.2. The van der Waals surface area contributed by atoms with Crippen LogP contribution in [0.15, 0.2) is 23.4 Å². The molecular weight excluding hydrogens is 230 g/mol. The van der Waals surface area contributed by atoms with Gasteiger partial charge in [0.05, 0.1) is 12.0 Å². The van der Waals surface area contributed by atoms with E-state index in [4.69, 9.17) is 4.52 Å². The predicted octanol–water partition coefficient (Wildman–Crippen LogP) is 1.32. The number of imidazole rings is 1. The molecule has 1 atom stereocenters. The van der Waals surface area contributed by atoms with Crippen LogP contribution < -0.4 is 5.32 Å². The molecule has 3 rings (SSSR count). The number of piperidine rings is 1. The highest BCUT2D eigenvalue weighted by Gasteiger charge is 2.18. The fourth-order valence-electron chi connectivity index (χ4n) is 2.44. The van der Waals surface area contributed by atoms with Crippen LogP contribution in [0.3, 0.4) is 0 Å². The Bertz CT molecular complexity index is 472. The molecule has 6 heteroatoms. The second-order valence-corrected chi connectivity index (χ2v) is 4.61. The Morgan fingerprint density at radius 1 is 1.44 bits per heavy atom. The molecule has 3 heterocycles. The Kier molecular flexibility index (Phi) is 3.36. The van der Waals surface area contributed by atoms with E-state index in [1.807, 2.05) is 12.5 Å². The highest BCUT2D eigenvalue weighted by molar-refractivity contribution is 5.06. The Labute approximate surface area is 105 Å². The summed E-state index contributed by atoms with van der Waals surface area (Å²) in [6.45, 7) is 1.94. The maximum Gasteiger partial charge on any atom is 0.213 e. The van der Waals surface area contributed by atoms with Gasteiger partial charge in [-0.05, 0) is 19.4 Å². The molecule has 6 nitrogen and oxygen atoms in total. The fraction of sp³-hybridized carbons (Fsp3) is 0.583. The van der Waals surface area contributed by atoms with Crippen molar-refractivity contribution in [1.82, 2.24) is 25.0 Å². The Balaban J connectivity index is 1.67. The standard InChI is InChI=1S/C12H17N5O/c1-2-5-14-10(3-1)11-7-13-8-17(11)6-4-12-15-9-18-16-12/h7-10,14H,1-6H2. The topological polar surface area (TPSA) is 68.8 Å². The number of hydrogen-bond acceptors (Lipinski definition) is 5. The zero-order chi connectivity index (χ0) is 12.2. The van der Waals surface area contributed by atoms with Crippen LogP contribution >= 0.6 is 0 Å². The normalized spacial score (nSPS) is 20.1. The smallest absolute Gasteiger partial charge is 0.213 e. The number of aromatic nitrogens is 4. The third kappa shape index (κ3) is 2.43. The van der Waals surface area contributed by atoms with E-state index in [0.717, 1.165) is 25.3 Å². The molecule has 1 saturated heterocycles. The minimum atomic E-state index is 0.437. The largest absolute Gasteiger partial charge is 0.343 e. The summed E-state index contributed by atoms with van der Waals surface area (Å²) in [5.74, 6) is 0.742. The molecule has 1 N–H and O–H groups in total. The Morgan fingerprint density at radius 2 is 2.44 bits per heavy atom. The van der Waals surface area contributed by atoms with Crippen LogP contribution in [0, 0.1) is 0 Å². The molecule has 0 aliphatic carbocycles. The second kappa shape index (κ2) is 5.30. The average molecular weight is 247 g/mol. The third-order valence-electron chi connectivity index (χ3n) is 3.40. The van der Waals surface area contributed by atoms with Gasteiger partial charge in [-0.1, -0.05) is 11.6 Å². The SMILES string of the molecule is c1nc(CCn2cncc2C2CCCCN2)no1. The minimum Gasteiger partial charge on any atom is -0.343 e. The van der Waals surface area contributed by atoms with Gasteiger partial charge in [0.15, 0.2) is 5.82 Å². The molecule has 0 radical (unpaired) electrons. The van der Waals surface area contributed by atoms with Crippen LogP contribution in [-0.2, 0) is 13.0 Å². The first kappa shape index (κ1) is 11.4. The Hall–Kier alpha value is -1.69. The van der Waals surface area contributed by atoms with E-state index in [1.165, 1.54) is 31.4 Å². The Morgan fingerprint density at radius 3 is 3.22 bits per heavy atom. The van der Waals surface area contributed by atoms with Gasteiger partial charge in [0.2, 0.25) is 6.39 Å². The molecule has 1 unspecified atom stereocenters. The number of rotatable bonds is 4. The summed E-state index contributed by atoms with van der Waals surface area (Å²) >= 11 is 0. The monoisotopic (exact) mass is 247 g/mol. The molecule has 1 fully saturated rings. The molecule has 0 aromatic carbocycles. The molecule has 0 bridgehead atoms. The van der Waals surface area contributed by atoms with Crippen molar-refractivity contribution in [3.63, 3.8) is 0 Å². The summed E-state index contributed by atoms with van der Waals surface area (Å²) in [4.78, 5) is 8.29. The summed E-state index contributed by atoms with van der Waals surface area (Å²) in [6, 6.07) is 0.437. The first-order valence-electron chi connectivity index (χ1n) is 6.42. The van der Waals surface area contributed by atoms with Crippen molar-refractivity contribution in [3.05, 3.63) is 30.4 Å². The van der Waals surface area contributed by atoms with Gasteiger partial charge >= 0.3 is 0 Å². The van der Waals surface area contributed by atoms with Crippen molar-refractivity contribution < 1.29 is 4.52 Å². The van der Waals surface area contributed by atoms with E-state index >= 15 is 0 Å². The third-order valence-corrected chi connectivity index (χ3v) is 3.40. The lowest BCUT2D eigenvalue weighted by molar-refractivity contribution is 0.390. The summed E-state index contributed by atoms with van der Waals surface area (Å²) in [5.41, 5.74) is 1.26. The minimum absolute atomic E-state index is 0.437. The van der Waals surface area contributed by atoms with Crippen molar-refractivity contribution in [2.75, 3.05) is 6.54 Å². The van der Waals surface area contributed by atoms with Crippen molar-refractivity contribution in [3.8, 4) is 0 Å². The van der Waals surface area contributed by atoms with E-state index in [1.54, 1.807) is 0 Å². The maximum atomic E-state index is 4.73. The lowest BCUT2D eigenvalue weighted by Crippen LogP contribution is -2.28. The molecule has 2 aromatic heterocycles. The molecule has 1 aliphatic heterocycles.